The van der Waals surface area contributed by atoms with Gasteiger partial charge in [0, 0.05) is 33.2 Å². The summed E-state index contributed by atoms with van der Waals surface area (Å²) in [6.45, 7) is 1.91. The molecule has 0 aromatic heterocycles. The van der Waals surface area contributed by atoms with Crippen molar-refractivity contribution >= 4 is 5.84 Å². The second kappa shape index (κ2) is 7.94. The van der Waals surface area contributed by atoms with Crippen LogP contribution in [-0.2, 0) is 4.74 Å². The van der Waals surface area contributed by atoms with Gasteiger partial charge in [-0.05, 0) is 0 Å². The Kier molecular flexibility index (Phi) is 7.53. The third kappa shape index (κ3) is 7.67. The second-order valence-electron chi connectivity index (χ2n) is 2.80. The Hall–Kier alpha value is -0.680. The van der Waals surface area contributed by atoms with Gasteiger partial charge in [-0.25, -0.2) is 4.39 Å². The van der Waals surface area contributed by atoms with Gasteiger partial charge in [-0.15, -0.1) is 0 Å². The van der Waals surface area contributed by atoms with E-state index in [9.17, 15) is 4.39 Å². The zero-order valence-electron chi connectivity index (χ0n) is 8.05. The van der Waals surface area contributed by atoms with Gasteiger partial charge in [0.15, 0.2) is 0 Å². The van der Waals surface area contributed by atoms with E-state index in [0.717, 1.165) is 0 Å². The van der Waals surface area contributed by atoms with Gasteiger partial charge in [-0.2, -0.15) is 0 Å². The highest BCUT2D eigenvalue weighted by molar-refractivity contribution is 5.76. The largest absolute Gasteiger partial charge is 0.388 e. The monoisotopic (exact) mass is 191 g/mol. The van der Waals surface area contributed by atoms with Crippen LogP contribution in [0.15, 0.2) is 0 Å². The molecule has 0 heterocycles. The molecule has 0 aliphatic rings. The lowest BCUT2D eigenvalue weighted by Gasteiger charge is -2.19. The molecule has 0 spiro atoms. The maximum absolute atomic E-state index is 12.0. The molecule has 5 heteroatoms. The van der Waals surface area contributed by atoms with E-state index in [0.29, 0.717) is 32.7 Å². The number of hydrogen-bond donors (Lipinski definition) is 2. The molecule has 0 aromatic rings. The second-order valence-corrected chi connectivity index (χ2v) is 2.80. The van der Waals surface area contributed by atoms with Gasteiger partial charge in [-0.1, -0.05) is 0 Å². The standard InChI is InChI=1S/C8H18FN3O/c1-13-7-6-12(5-3-9)4-2-8(10)11/h2-7H2,1H3,(H3,10,11). The van der Waals surface area contributed by atoms with Crippen LogP contribution in [0.25, 0.3) is 0 Å². The molecule has 0 radical (unpaired) electrons. The highest BCUT2D eigenvalue weighted by Crippen LogP contribution is 1.92. The molecule has 0 amide bonds. The summed E-state index contributed by atoms with van der Waals surface area (Å²) in [6, 6.07) is 0. The summed E-state index contributed by atoms with van der Waals surface area (Å²) in [5.41, 5.74) is 5.20. The quantitative estimate of drug-likeness (QED) is 0.426. The number of nitrogens with two attached hydrogens (primary N) is 1. The number of alkyl halides is 1. The van der Waals surface area contributed by atoms with Gasteiger partial charge < -0.3 is 10.5 Å². The lowest BCUT2D eigenvalue weighted by molar-refractivity contribution is 0.144. The number of methoxy groups -OCH3 is 1. The molecule has 0 bridgehead atoms. The maximum atomic E-state index is 12.0. The summed E-state index contributed by atoms with van der Waals surface area (Å²) >= 11 is 0. The number of nitrogens with one attached hydrogen (secondary N) is 1. The molecule has 0 atom stereocenters. The third-order valence-electron chi connectivity index (χ3n) is 1.71. The summed E-state index contributed by atoms with van der Waals surface area (Å²) in [6.07, 6.45) is 0.490. The minimum Gasteiger partial charge on any atom is -0.388 e. The smallest absolute Gasteiger partial charge is 0.102 e. The summed E-state index contributed by atoms with van der Waals surface area (Å²) in [4.78, 5) is 1.89. The molecular formula is C8H18FN3O. The molecule has 78 valence electrons. The van der Waals surface area contributed by atoms with Crippen molar-refractivity contribution in [2.75, 3.05) is 40.0 Å². The highest BCUT2D eigenvalue weighted by Gasteiger charge is 2.04. The summed E-state index contributed by atoms with van der Waals surface area (Å²) in [5.74, 6) is 0.140. The SMILES string of the molecule is COCCN(CCF)CCC(=N)N. The Balaban J connectivity index is 3.59. The van der Waals surface area contributed by atoms with E-state index < -0.39 is 0 Å². The molecule has 0 aliphatic carbocycles. The van der Waals surface area contributed by atoms with Gasteiger partial charge in [0.25, 0.3) is 0 Å². The Labute approximate surface area is 78.4 Å². The van der Waals surface area contributed by atoms with Crippen LogP contribution in [-0.4, -0.2) is 50.8 Å². The maximum Gasteiger partial charge on any atom is 0.102 e. The molecular weight excluding hydrogens is 173 g/mol. The van der Waals surface area contributed by atoms with Crippen LogP contribution in [0.2, 0.25) is 0 Å². The van der Waals surface area contributed by atoms with Crippen molar-refractivity contribution in [2.45, 2.75) is 6.42 Å². The fraction of sp³-hybridized carbons (Fsp3) is 0.875. The molecule has 0 saturated carbocycles. The van der Waals surface area contributed by atoms with Gasteiger partial charge in [-0.3, -0.25) is 10.3 Å². The first-order chi connectivity index (χ1) is 6.20. The first-order valence-electron chi connectivity index (χ1n) is 4.31. The lowest BCUT2D eigenvalue weighted by atomic mass is 10.3. The highest BCUT2D eigenvalue weighted by atomic mass is 19.1. The van der Waals surface area contributed by atoms with Crippen molar-refractivity contribution in [1.29, 1.82) is 5.41 Å². The van der Waals surface area contributed by atoms with Crippen LogP contribution >= 0.6 is 0 Å². The summed E-state index contributed by atoms with van der Waals surface area (Å²) in [7, 11) is 1.61. The van der Waals surface area contributed by atoms with Crippen LogP contribution < -0.4 is 5.73 Å². The fourth-order valence-corrected chi connectivity index (χ4v) is 0.954. The van der Waals surface area contributed by atoms with E-state index in [1.54, 1.807) is 7.11 Å². The number of hydrogen-bond acceptors (Lipinski definition) is 3. The number of halogens is 1. The number of nitrogens with zero attached hydrogens (tertiary/aromatic N) is 1. The molecule has 4 nitrogen and oxygen atoms in total. The Bertz CT molecular complexity index is 143. The minimum atomic E-state index is -0.373. The molecule has 0 unspecified atom stereocenters. The molecule has 13 heavy (non-hydrogen) atoms. The Morgan fingerprint density at radius 1 is 1.46 bits per heavy atom. The normalized spacial score (nSPS) is 10.7. The molecule has 0 fully saturated rings. The van der Waals surface area contributed by atoms with E-state index in [-0.39, 0.29) is 12.5 Å². The van der Waals surface area contributed by atoms with Gasteiger partial charge in [0.1, 0.15) is 6.67 Å². The fourth-order valence-electron chi connectivity index (χ4n) is 0.954. The Morgan fingerprint density at radius 3 is 2.62 bits per heavy atom. The average Bonchev–Trinajstić information content (AvgIpc) is 2.09. The van der Waals surface area contributed by atoms with E-state index in [2.05, 4.69) is 0 Å². The van der Waals surface area contributed by atoms with Crippen LogP contribution in [0.3, 0.4) is 0 Å². The summed E-state index contributed by atoms with van der Waals surface area (Å²) in [5, 5.41) is 7.02. The number of amidine groups is 1. The van der Waals surface area contributed by atoms with E-state index in [4.69, 9.17) is 15.9 Å². The molecule has 0 saturated heterocycles. The van der Waals surface area contributed by atoms with E-state index in [1.807, 2.05) is 4.90 Å². The summed E-state index contributed by atoms with van der Waals surface area (Å²) < 4.78 is 16.9. The number of ether oxygens (including phenoxy) is 1. The van der Waals surface area contributed by atoms with E-state index >= 15 is 0 Å². The predicted molar refractivity (Wildman–Crippen MR) is 50.8 cm³/mol. The average molecular weight is 191 g/mol. The topological polar surface area (TPSA) is 62.3 Å². The van der Waals surface area contributed by atoms with Crippen molar-refractivity contribution in [1.82, 2.24) is 4.90 Å². The first-order valence-corrected chi connectivity index (χ1v) is 4.31. The van der Waals surface area contributed by atoms with Crippen LogP contribution in [0.5, 0.6) is 0 Å². The molecule has 0 rings (SSSR count). The lowest BCUT2D eigenvalue weighted by Crippen LogP contribution is -2.32. The predicted octanol–water partition coefficient (Wildman–Crippen LogP) is 0.230. The van der Waals surface area contributed by atoms with Gasteiger partial charge in [0.05, 0.1) is 12.4 Å². The number of rotatable bonds is 8. The van der Waals surface area contributed by atoms with Crippen molar-refractivity contribution in [3.63, 3.8) is 0 Å². The van der Waals surface area contributed by atoms with Gasteiger partial charge in [0.2, 0.25) is 0 Å². The van der Waals surface area contributed by atoms with Gasteiger partial charge >= 0.3 is 0 Å². The van der Waals surface area contributed by atoms with Crippen molar-refractivity contribution in [2.24, 2.45) is 5.73 Å². The first kappa shape index (κ1) is 12.3. The zero-order chi connectivity index (χ0) is 10.1. The molecule has 3 N–H and O–H groups in total. The van der Waals surface area contributed by atoms with Crippen LogP contribution in [0.1, 0.15) is 6.42 Å². The Morgan fingerprint density at radius 2 is 2.15 bits per heavy atom. The van der Waals surface area contributed by atoms with Crippen molar-refractivity contribution < 1.29 is 9.13 Å². The third-order valence-corrected chi connectivity index (χ3v) is 1.71. The van der Waals surface area contributed by atoms with Crippen molar-refractivity contribution in [3.05, 3.63) is 0 Å². The minimum absolute atomic E-state index is 0.140. The zero-order valence-corrected chi connectivity index (χ0v) is 8.05. The molecule has 0 aliphatic heterocycles. The molecule has 0 aromatic carbocycles. The van der Waals surface area contributed by atoms with Crippen molar-refractivity contribution in [3.8, 4) is 0 Å². The van der Waals surface area contributed by atoms with Crippen LogP contribution in [0, 0.1) is 5.41 Å². The van der Waals surface area contributed by atoms with Crippen LogP contribution in [0.4, 0.5) is 4.39 Å². The van der Waals surface area contributed by atoms with E-state index in [1.165, 1.54) is 0 Å².